The van der Waals surface area contributed by atoms with Crippen molar-refractivity contribution < 1.29 is 4.74 Å². The number of benzene rings is 1. The average Bonchev–Trinajstić information content (AvgIpc) is 2.40. The molecule has 1 aromatic carbocycles. The van der Waals surface area contributed by atoms with E-state index in [4.69, 9.17) is 4.74 Å². The second-order valence-corrected chi connectivity index (χ2v) is 4.50. The first-order valence-corrected chi connectivity index (χ1v) is 6.81. The van der Waals surface area contributed by atoms with Crippen LogP contribution >= 0.6 is 11.8 Å². The molecule has 0 saturated heterocycles. The van der Waals surface area contributed by atoms with Crippen LogP contribution in [0.3, 0.4) is 0 Å². The number of nitrogens with zero attached hydrogens (tertiary/aromatic N) is 2. The third-order valence-corrected chi connectivity index (χ3v) is 2.97. The standard InChI is InChI=1S/C13H15N3OS/c1-14-8-10-4-3-5-11(6-10)17-12-7-13(18-2)16-9-15-12/h3-7,9,14H,8H2,1-2H3. The molecule has 0 spiro atoms. The van der Waals surface area contributed by atoms with Gasteiger partial charge in [-0.3, -0.25) is 0 Å². The minimum absolute atomic E-state index is 0.566. The van der Waals surface area contributed by atoms with Crippen LogP contribution in [0, 0.1) is 0 Å². The van der Waals surface area contributed by atoms with E-state index in [1.165, 1.54) is 11.9 Å². The fourth-order valence-electron chi connectivity index (χ4n) is 1.53. The number of hydrogen-bond acceptors (Lipinski definition) is 5. The summed E-state index contributed by atoms with van der Waals surface area (Å²) in [5.41, 5.74) is 1.18. The second kappa shape index (κ2) is 6.37. The van der Waals surface area contributed by atoms with Gasteiger partial charge in [-0.2, -0.15) is 0 Å². The highest BCUT2D eigenvalue weighted by Crippen LogP contribution is 2.22. The van der Waals surface area contributed by atoms with Crippen LogP contribution in [-0.2, 0) is 6.54 Å². The molecule has 4 nitrogen and oxygen atoms in total. The maximum atomic E-state index is 5.72. The van der Waals surface area contributed by atoms with Gasteiger partial charge in [0, 0.05) is 12.6 Å². The van der Waals surface area contributed by atoms with Gasteiger partial charge in [0.15, 0.2) is 0 Å². The van der Waals surface area contributed by atoms with Gasteiger partial charge in [-0.25, -0.2) is 9.97 Å². The summed E-state index contributed by atoms with van der Waals surface area (Å²) < 4.78 is 5.72. The zero-order chi connectivity index (χ0) is 12.8. The Morgan fingerprint density at radius 2 is 2.17 bits per heavy atom. The molecule has 1 heterocycles. The maximum Gasteiger partial charge on any atom is 0.223 e. The molecule has 0 aliphatic rings. The number of thioether (sulfide) groups is 1. The fraction of sp³-hybridized carbons (Fsp3) is 0.231. The monoisotopic (exact) mass is 261 g/mol. The smallest absolute Gasteiger partial charge is 0.223 e. The summed E-state index contributed by atoms with van der Waals surface area (Å²) in [6.07, 6.45) is 3.48. The molecule has 0 aliphatic carbocycles. The van der Waals surface area contributed by atoms with E-state index < -0.39 is 0 Å². The normalized spacial score (nSPS) is 10.3. The molecule has 0 unspecified atom stereocenters. The minimum atomic E-state index is 0.566. The molecule has 1 aromatic heterocycles. The molecule has 0 bridgehead atoms. The molecule has 0 aliphatic heterocycles. The Morgan fingerprint density at radius 1 is 1.28 bits per heavy atom. The largest absolute Gasteiger partial charge is 0.439 e. The molecule has 1 N–H and O–H groups in total. The summed E-state index contributed by atoms with van der Waals surface area (Å²) in [5, 5.41) is 4.00. The van der Waals surface area contributed by atoms with Crippen LogP contribution in [-0.4, -0.2) is 23.3 Å². The molecule has 18 heavy (non-hydrogen) atoms. The van der Waals surface area contributed by atoms with Crippen LogP contribution in [0.5, 0.6) is 11.6 Å². The lowest BCUT2D eigenvalue weighted by atomic mass is 10.2. The lowest BCUT2D eigenvalue weighted by Gasteiger charge is -2.07. The highest BCUT2D eigenvalue weighted by atomic mass is 32.2. The van der Waals surface area contributed by atoms with Crippen LogP contribution in [0.2, 0.25) is 0 Å². The summed E-state index contributed by atoms with van der Waals surface area (Å²) in [4.78, 5) is 8.20. The van der Waals surface area contributed by atoms with Crippen molar-refractivity contribution in [3.05, 3.63) is 42.2 Å². The van der Waals surface area contributed by atoms with Crippen molar-refractivity contribution in [1.29, 1.82) is 0 Å². The van der Waals surface area contributed by atoms with Gasteiger partial charge < -0.3 is 10.1 Å². The minimum Gasteiger partial charge on any atom is -0.439 e. The third kappa shape index (κ3) is 3.45. The van der Waals surface area contributed by atoms with Crippen LogP contribution in [0.1, 0.15) is 5.56 Å². The van der Waals surface area contributed by atoms with Gasteiger partial charge in [0.25, 0.3) is 0 Å². The van der Waals surface area contributed by atoms with Crippen molar-refractivity contribution in [1.82, 2.24) is 15.3 Å². The van der Waals surface area contributed by atoms with Gasteiger partial charge >= 0.3 is 0 Å². The Morgan fingerprint density at radius 3 is 2.94 bits per heavy atom. The topological polar surface area (TPSA) is 47.0 Å². The Bertz CT molecular complexity index is 519. The van der Waals surface area contributed by atoms with Crippen molar-refractivity contribution in [2.75, 3.05) is 13.3 Å². The molecule has 0 fully saturated rings. The zero-order valence-corrected chi connectivity index (χ0v) is 11.2. The van der Waals surface area contributed by atoms with Gasteiger partial charge in [0.2, 0.25) is 5.88 Å². The molecule has 2 aromatic rings. The Hall–Kier alpha value is -1.59. The van der Waals surface area contributed by atoms with Gasteiger partial charge in [0.05, 0.1) is 0 Å². The predicted molar refractivity (Wildman–Crippen MR) is 73.1 cm³/mol. The molecule has 0 radical (unpaired) electrons. The molecule has 0 atom stereocenters. The van der Waals surface area contributed by atoms with E-state index in [0.717, 1.165) is 17.3 Å². The molecular formula is C13H15N3OS. The fourth-order valence-corrected chi connectivity index (χ4v) is 1.91. The number of aromatic nitrogens is 2. The second-order valence-electron chi connectivity index (χ2n) is 3.68. The van der Waals surface area contributed by atoms with Crippen LogP contribution in [0.4, 0.5) is 0 Å². The van der Waals surface area contributed by atoms with Gasteiger partial charge in [0.1, 0.15) is 17.1 Å². The summed E-state index contributed by atoms with van der Waals surface area (Å²) in [6, 6.07) is 9.77. The van der Waals surface area contributed by atoms with Gasteiger partial charge in [-0.1, -0.05) is 12.1 Å². The van der Waals surface area contributed by atoms with Gasteiger partial charge in [-0.05, 0) is 31.0 Å². The SMILES string of the molecule is CNCc1cccc(Oc2cc(SC)ncn2)c1. The van der Waals surface area contributed by atoms with Crippen molar-refractivity contribution in [3.8, 4) is 11.6 Å². The molecule has 0 amide bonds. The summed E-state index contributed by atoms with van der Waals surface area (Å²) >= 11 is 1.56. The molecule has 5 heteroatoms. The molecule has 94 valence electrons. The zero-order valence-electron chi connectivity index (χ0n) is 10.4. The molecular weight excluding hydrogens is 246 g/mol. The van der Waals surface area contributed by atoms with E-state index in [2.05, 4.69) is 21.4 Å². The van der Waals surface area contributed by atoms with E-state index >= 15 is 0 Å². The number of rotatable bonds is 5. The lowest BCUT2D eigenvalue weighted by Crippen LogP contribution is -2.04. The number of nitrogens with one attached hydrogen (secondary N) is 1. The Balaban J connectivity index is 2.14. The quantitative estimate of drug-likeness (QED) is 0.662. The van der Waals surface area contributed by atoms with Crippen molar-refractivity contribution >= 4 is 11.8 Å². The summed E-state index contributed by atoms with van der Waals surface area (Å²) in [6.45, 7) is 0.817. The van der Waals surface area contributed by atoms with Crippen molar-refractivity contribution in [3.63, 3.8) is 0 Å². The van der Waals surface area contributed by atoms with E-state index in [1.54, 1.807) is 11.8 Å². The van der Waals surface area contributed by atoms with E-state index in [9.17, 15) is 0 Å². The summed E-state index contributed by atoms with van der Waals surface area (Å²) in [7, 11) is 1.92. The van der Waals surface area contributed by atoms with E-state index in [1.807, 2.05) is 37.6 Å². The average molecular weight is 261 g/mol. The predicted octanol–water partition coefficient (Wildman–Crippen LogP) is 2.71. The van der Waals surface area contributed by atoms with E-state index in [0.29, 0.717) is 5.88 Å². The first-order chi connectivity index (χ1) is 8.81. The maximum absolute atomic E-state index is 5.72. The Labute approximate surface area is 111 Å². The third-order valence-electron chi connectivity index (χ3n) is 2.33. The van der Waals surface area contributed by atoms with Crippen LogP contribution in [0.15, 0.2) is 41.7 Å². The first-order valence-electron chi connectivity index (χ1n) is 5.59. The number of hydrogen-bond donors (Lipinski definition) is 1. The highest BCUT2D eigenvalue weighted by Gasteiger charge is 2.01. The highest BCUT2D eigenvalue weighted by molar-refractivity contribution is 7.98. The van der Waals surface area contributed by atoms with Crippen LogP contribution < -0.4 is 10.1 Å². The van der Waals surface area contributed by atoms with Crippen molar-refractivity contribution in [2.24, 2.45) is 0 Å². The van der Waals surface area contributed by atoms with E-state index in [-0.39, 0.29) is 0 Å². The number of ether oxygens (including phenoxy) is 1. The summed E-state index contributed by atoms with van der Waals surface area (Å²) in [5.74, 6) is 1.35. The lowest BCUT2D eigenvalue weighted by molar-refractivity contribution is 0.458. The Kier molecular flexibility index (Phi) is 4.55. The molecule has 0 saturated carbocycles. The molecule has 2 rings (SSSR count). The first kappa shape index (κ1) is 12.9. The van der Waals surface area contributed by atoms with Crippen LogP contribution in [0.25, 0.3) is 0 Å². The van der Waals surface area contributed by atoms with Gasteiger partial charge in [-0.15, -0.1) is 11.8 Å². The van der Waals surface area contributed by atoms with Crippen molar-refractivity contribution in [2.45, 2.75) is 11.6 Å².